The number of anilines is 2. The SMILES string of the molecule is CC(C)CCn1c(CN2c3c(ccnc3Cl)N(C(C)C)C2C=O)nc2cccnc21. The Hall–Kier alpha value is -2.67. The highest BCUT2D eigenvalue weighted by molar-refractivity contribution is 6.33. The zero-order chi connectivity index (χ0) is 21.4. The number of carbonyl (C=O) groups is 1. The summed E-state index contributed by atoms with van der Waals surface area (Å²) in [6.07, 6.45) is 5.00. The molecule has 0 aliphatic carbocycles. The zero-order valence-electron chi connectivity index (χ0n) is 17.8. The molecule has 1 unspecified atom stereocenters. The Labute approximate surface area is 181 Å². The molecule has 3 aromatic heterocycles. The van der Waals surface area contributed by atoms with Crippen LogP contribution in [-0.2, 0) is 17.9 Å². The molecule has 0 radical (unpaired) electrons. The van der Waals surface area contributed by atoms with Gasteiger partial charge in [0.15, 0.2) is 23.3 Å². The van der Waals surface area contributed by atoms with Gasteiger partial charge in [0.1, 0.15) is 17.0 Å². The quantitative estimate of drug-likeness (QED) is 0.415. The summed E-state index contributed by atoms with van der Waals surface area (Å²) in [6, 6.07) is 5.92. The molecule has 0 spiro atoms. The van der Waals surface area contributed by atoms with Gasteiger partial charge in [-0.2, -0.15) is 0 Å². The highest BCUT2D eigenvalue weighted by atomic mass is 35.5. The number of carbonyl (C=O) groups excluding carboxylic acids is 1. The lowest BCUT2D eigenvalue weighted by molar-refractivity contribution is -0.109. The van der Waals surface area contributed by atoms with Crippen LogP contribution in [0.4, 0.5) is 11.4 Å². The van der Waals surface area contributed by atoms with Crippen molar-refractivity contribution in [3.05, 3.63) is 41.6 Å². The summed E-state index contributed by atoms with van der Waals surface area (Å²) < 4.78 is 2.17. The van der Waals surface area contributed by atoms with Crippen molar-refractivity contribution in [2.24, 2.45) is 5.92 Å². The van der Waals surface area contributed by atoms with Crippen molar-refractivity contribution in [1.82, 2.24) is 19.5 Å². The topological polar surface area (TPSA) is 67.2 Å². The Morgan fingerprint density at radius 1 is 1.17 bits per heavy atom. The molecular formula is C22H27ClN6O. The van der Waals surface area contributed by atoms with Gasteiger partial charge in [-0.3, -0.25) is 4.79 Å². The number of pyridine rings is 2. The van der Waals surface area contributed by atoms with Crippen molar-refractivity contribution in [2.45, 2.75) is 59.4 Å². The lowest BCUT2D eigenvalue weighted by Gasteiger charge is -2.31. The second-order valence-corrected chi connectivity index (χ2v) is 8.71. The standard InChI is InChI=1S/C22H27ClN6O/c1-14(2)8-11-27-18(26-16-6-5-9-25-22(16)27)12-28-19(13-30)29(15(3)4)17-7-10-24-21(23)20(17)28/h5-7,9-10,13-15,19H,8,11-12H2,1-4H3. The number of fused-ring (bicyclic) bond motifs is 2. The van der Waals surface area contributed by atoms with Crippen LogP contribution < -0.4 is 9.80 Å². The number of aryl methyl sites for hydroxylation is 1. The maximum Gasteiger partial charge on any atom is 0.163 e. The second-order valence-electron chi connectivity index (χ2n) is 8.36. The third kappa shape index (κ3) is 3.51. The first-order valence-corrected chi connectivity index (χ1v) is 10.7. The molecule has 0 saturated heterocycles. The molecular weight excluding hydrogens is 400 g/mol. The van der Waals surface area contributed by atoms with Gasteiger partial charge in [-0.25, -0.2) is 15.0 Å². The molecule has 0 aromatic carbocycles. The van der Waals surface area contributed by atoms with E-state index in [-0.39, 0.29) is 6.04 Å². The van der Waals surface area contributed by atoms with Crippen molar-refractivity contribution in [3.63, 3.8) is 0 Å². The first-order valence-electron chi connectivity index (χ1n) is 10.4. The molecule has 0 N–H and O–H groups in total. The van der Waals surface area contributed by atoms with Crippen LogP contribution >= 0.6 is 11.6 Å². The fourth-order valence-electron chi connectivity index (χ4n) is 4.11. The average molecular weight is 427 g/mol. The summed E-state index contributed by atoms with van der Waals surface area (Å²) in [7, 11) is 0. The van der Waals surface area contributed by atoms with E-state index >= 15 is 0 Å². The van der Waals surface area contributed by atoms with Crippen LogP contribution in [0.25, 0.3) is 11.2 Å². The number of rotatable bonds is 7. The summed E-state index contributed by atoms with van der Waals surface area (Å²) in [5.74, 6) is 1.43. The van der Waals surface area contributed by atoms with Crippen molar-refractivity contribution in [3.8, 4) is 0 Å². The van der Waals surface area contributed by atoms with Gasteiger partial charge in [0, 0.05) is 25.0 Å². The molecule has 0 bridgehead atoms. The van der Waals surface area contributed by atoms with Crippen LogP contribution in [0, 0.1) is 5.92 Å². The molecule has 7 nitrogen and oxygen atoms in total. The van der Waals surface area contributed by atoms with E-state index < -0.39 is 6.17 Å². The number of halogens is 1. The van der Waals surface area contributed by atoms with E-state index in [0.29, 0.717) is 17.6 Å². The number of imidazole rings is 1. The molecule has 3 aromatic rings. The van der Waals surface area contributed by atoms with Crippen LogP contribution in [0.5, 0.6) is 0 Å². The lowest BCUT2D eigenvalue weighted by atomic mass is 10.1. The second kappa shape index (κ2) is 8.22. The molecule has 30 heavy (non-hydrogen) atoms. The fraction of sp³-hybridized carbons (Fsp3) is 0.455. The molecule has 0 amide bonds. The fourth-order valence-corrected chi connectivity index (χ4v) is 4.38. The molecule has 1 aliphatic rings. The summed E-state index contributed by atoms with van der Waals surface area (Å²) in [6.45, 7) is 9.82. The maximum atomic E-state index is 12.2. The predicted octanol–water partition coefficient (Wildman–Crippen LogP) is 4.29. The number of hydrogen-bond donors (Lipinski definition) is 0. The first-order chi connectivity index (χ1) is 14.4. The van der Waals surface area contributed by atoms with E-state index in [1.807, 2.05) is 23.1 Å². The third-order valence-corrected chi connectivity index (χ3v) is 5.81. The normalized spacial score (nSPS) is 16.2. The Morgan fingerprint density at radius 3 is 2.67 bits per heavy atom. The molecule has 4 heterocycles. The van der Waals surface area contributed by atoms with Gasteiger partial charge >= 0.3 is 0 Å². The van der Waals surface area contributed by atoms with Crippen LogP contribution in [0.1, 0.15) is 39.9 Å². The minimum absolute atomic E-state index is 0.129. The van der Waals surface area contributed by atoms with Crippen molar-refractivity contribution >= 4 is 40.4 Å². The number of aromatic nitrogens is 4. The van der Waals surface area contributed by atoms with E-state index in [4.69, 9.17) is 16.6 Å². The number of aldehydes is 1. The van der Waals surface area contributed by atoms with Crippen LogP contribution in [0.15, 0.2) is 30.6 Å². The van der Waals surface area contributed by atoms with E-state index in [1.54, 1.807) is 12.4 Å². The van der Waals surface area contributed by atoms with Crippen LogP contribution in [0.3, 0.4) is 0 Å². The van der Waals surface area contributed by atoms with E-state index in [1.165, 1.54) is 0 Å². The minimum Gasteiger partial charge on any atom is -0.341 e. The largest absolute Gasteiger partial charge is 0.341 e. The Morgan fingerprint density at radius 2 is 1.97 bits per heavy atom. The smallest absolute Gasteiger partial charge is 0.163 e. The van der Waals surface area contributed by atoms with Gasteiger partial charge in [0.05, 0.1) is 12.2 Å². The van der Waals surface area contributed by atoms with Gasteiger partial charge in [-0.05, 0) is 44.4 Å². The Balaban J connectivity index is 1.79. The first kappa shape index (κ1) is 20.6. The molecule has 158 valence electrons. The van der Waals surface area contributed by atoms with E-state index in [0.717, 1.165) is 47.6 Å². The Bertz CT molecular complexity index is 1060. The molecule has 0 fully saturated rings. The van der Waals surface area contributed by atoms with Crippen LogP contribution in [-0.4, -0.2) is 38.0 Å². The minimum atomic E-state index is -0.465. The molecule has 1 aliphatic heterocycles. The average Bonchev–Trinajstić information content (AvgIpc) is 3.22. The molecule has 0 saturated carbocycles. The highest BCUT2D eigenvalue weighted by Crippen LogP contribution is 2.44. The molecule has 1 atom stereocenters. The van der Waals surface area contributed by atoms with Gasteiger partial charge in [0.25, 0.3) is 0 Å². The maximum absolute atomic E-state index is 12.2. The van der Waals surface area contributed by atoms with Gasteiger partial charge in [-0.1, -0.05) is 25.4 Å². The summed E-state index contributed by atoms with van der Waals surface area (Å²) >= 11 is 6.51. The highest BCUT2D eigenvalue weighted by Gasteiger charge is 2.39. The van der Waals surface area contributed by atoms with Crippen molar-refractivity contribution < 1.29 is 4.79 Å². The zero-order valence-corrected chi connectivity index (χ0v) is 18.5. The molecule has 4 rings (SSSR count). The monoisotopic (exact) mass is 426 g/mol. The third-order valence-electron chi connectivity index (χ3n) is 5.53. The number of hydrogen-bond acceptors (Lipinski definition) is 6. The van der Waals surface area contributed by atoms with Gasteiger partial charge in [-0.15, -0.1) is 0 Å². The summed E-state index contributed by atoms with van der Waals surface area (Å²) in [5.41, 5.74) is 3.43. The Kier molecular flexibility index (Phi) is 5.64. The van der Waals surface area contributed by atoms with Crippen molar-refractivity contribution in [1.29, 1.82) is 0 Å². The van der Waals surface area contributed by atoms with Gasteiger partial charge < -0.3 is 14.4 Å². The van der Waals surface area contributed by atoms with Crippen LogP contribution in [0.2, 0.25) is 5.15 Å². The summed E-state index contributed by atoms with van der Waals surface area (Å²) in [4.78, 5) is 30.0. The lowest BCUT2D eigenvalue weighted by Crippen LogP contribution is -2.47. The number of nitrogens with zero attached hydrogens (tertiary/aromatic N) is 6. The predicted molar refractivity (Wildman–Crippen MR) is 120 cm³/mol. The molecule has 8 heteroatoms. The van der Waals surface area contributed by atoms with E-state index in [9.17, 15) is 4.79 Å². The summed E-state index contributed by atoms with van der Waals surface area (Å²) in [5, 5.41) is 0.394. The van der Waals surface area contributed by atoms with E-state index in [2.05, 4.69) is 47.1 Å². The van der Waals surface area contributed by atoms with Gasteiger partial charge in [0.2, 0.25) is 0 Å². The van der Waals surface area contributed by atoms with Crippen molar-refractivity contribution in [2.75, 3.05) is 9.80 Å².